The first kappa shape index (κ1) is 33.3. The Morgan fingerprint density at radius 3 is 1.06 bits per heavy atom. The number of rotatable bonds is 2. The number of aliphatic hydroxyl groups excluding tert-OH is 2. The molecule has 2 N–H and O–H groups in total. The Balaban J connectivity index is 0.000000642. The van der Waals surface area contributed by atoms with E-state index in [9.17, 15) is 36.8 Å². The Labute approximate surface area is 209 Å². The molecule has 0 spiro atoms. The molecular formula is C20H28F6N4NiO4. The summed E-state index contributed by atoms with van der Waals surface area (Å²) in [6.45, 7) is 11.8. The van der Waals surface area contributed by atoms with E-state index in [4.69, 9.17) is 10.2 Å². The first-order valence-electron chi connectivity index (χ1n) is 9.89. The molecule has 0 atom stereocenters. The molecule has 0 saturated carbocycles. The quantitative estimate of drug-likeness (QED) is 0.274. The number of allylic oxidation sites excluding steroid dienone is 2. The fourth-order valence-electron chi connectivity index (χ4n) is 3.37. The molecule has 0 fully saturated rings. The van der Waals surface area contributed by atoms with Crippen molar-refractivity contribution in [3.8, 4) is 0 Å². The van der Waals surface area contributed by atoms with E-state index in [1.165, 1.54) is 55.4 Å². The van der Waals surface area contributed by atoms with Crippen molar-refractivity contribution < 1.29 is 63.5 Å². The zero-order chi connectivity index (χ0) is 27.3. The first-order valence-corrected chi connectivity index (χ1v) is 9.89. The number of aliphatic imine (C=N–C) groups is 2. The van der Waals surface area contributed by atoms with Gasteiger partial charge in [-0.25, -0.2) is 0 Å². The number of hydrogen-bond acceptors (Lipinski definition) is 6. The number of hydrogen-bond donors (Lipinski definition) is 2. The predicted molar refractivity (Wildman–Crippen MR) is 110 cm³/mol. The molecule has 2 aliphatic rings. The van der Waals surface area contributed by atoms with E-state index < -0.39 is 46.3 Å². The molecular weight excluding hydrogens is 533 g/mol. The molecule has 2 aliphatic heterocycles. The van der Waals surface area contributed by atoms with Crippen LogP contribution in [-0.4, -0.2) is 66.5 Å². The summed E-state index contributed by atoms with van der Waals surface area (Å²) >= 11 is 0. The smallest absolute Gasteiger partial charge is 0.448 e. The normalized spacial score (nSPS) is 24.2. The molecule has 0 unspecified atom stereocenters. The van der Waals surface area contributed by atoms with Gasteiger partial charge in [0, 0.05) is 28.6 Å². The summed E-state index contributed by atoms with van der Waals surface area (Å²) in [4.78, 5) is 7.80. The fourth-order valence-corrected chi connectivity index (χ4v) is 3.37. The van der Waals surface area contributed by atoms with Crippen molar-refractivity contribution in [1.82, 2.24) is 10.1 Å². The third kappa shape index (κ3) is 7.19. The summed E-state index contributed by atoms with van der Waals surface area (Å²) in [5.41, 5.74) is -4.87. The third-order valence-electron chi connectivity index (χ3n) is 5.18. The zero-order valence-corrected chi connectivity index (χ0v) is 21.2. The molecule has 0 aliphatic carbocycles. The van der Waals surface area contributed by atoms with Crippen LogP contribution >= 0.6 is 0 Å². The topological polar surface area (TPSA) is 111 Å². The number of halogens is 6. The number of hydroxylamine groups is 4. The van der Waals surface area contributed by atoms with E-state index in [1.807, 2.05) is 0 Å². The van der Waals surface area contributed by atoms with Crippen molar-refractivity contribution >= 4 is 11.4 Å². The van der Waals surface area contributed by atoms with Gasteiger partial charge in [-0.05, 0) is 55.4 Å². The van der Waals surface area contributed by atoms with Crippen LogP contribution in [0.3, 0.4) is 0 Å². The Morgan fingerprint density at radius 2 is 0.914 bits per heavy atom. The summed E-state index contributed by atoms with van der Waals surface area (Å²) in [7, 11) is 0. The summed E-state index contributed by atoms with van der Waals surface area (Å²) < 4.78 is 73.1. The van der Waals surface area contributed by atoms with Crippen LogP contribution in [0.2, 0.25) is 0 Å². The van der Waals surface area contributed by atoms with E-state index in [2.05, 4.69) is 9.98 Å². The Morgan fingerprint density at radius 1 is 0.686 bits per heavy atom. The van der Waals surface area contributed by atoms with Gasteiger partial charge in [0.2, 0.25) is 0 Å². The van der Waals surface area contributed by atoms with E-state index in [1.54, 1.807) is 0 Å². The van der Waals surface area contributed by atoms with E-state index in [0.29, 0.717) is 22.3 Å². The van der Waals surface area contributed by atoms with Gasteiger partial charge in [-0.15, -0.1) is 20.5 Å². The monoisotopic (exact) mass is 560 g/mol. The summed E-state index contributed by atoms with van der Waals surface area (Å²) in [6, 6.07) is 0. The van der Waals surface area contributed by atoms with Crippen molar-refractivity contribution in [3.05, 3.63) is 23.7 Å². The van der Waals surface area contributed by atoms with Gasteiger partial charge in [-0.2, -0.15) is 26.3 Å². The van der Waals surface area contributed by atoms with E-state index in [0.717, 1.165) is 0 Å². The molecule has 0 bridgehead atoms. The fraction of sp³-hybridized carbons (Fsp3) is 0.700. The minimum Gasteiger partial charge on any atom is -0.504 e. The molecule has 0 aromatic carbocycles. The van der Waals surface area contributed by atoms with Crippen LogP contribution in [-0.2, 0) is 26.9 Å². The average molecular weight is 561 g/mol. The van der Waals surface area contributed by atoms with Crippen LogP contribution < -0.4 is 0 Å². The standard InChI is InChI=1S/2C10H14F3N2O2.Ni/c2*1-8(2)6(5-7(16)10(11,12)13)14-9(3,4)15(8)17;/h2*5,16H,1-4H3;/b2*7-5-;. The molecule has 0 amide bonds. The molecule has 0 aromatic rings. The molecule has 15 heteroatoms. The van der Waals surface area contributed by atoms with Gasteiger partial charge in [-0.3, -0.25) is 9.98 Å². The maximum Gasteiger partial charge on any atom is 0.448 e. The van der Waals surface area contributed by atoms with Crippen molar-refractivity contribution in [2.75, 3.05) is 0 Å². The molecule has 8 nitrogen and oxygen atoms in total. The second kappa shape index (κ2) is 10.0. The van der Waals surface area contributed by atoms with Crippen molar-refractivity contribution in [1.29, 1.82) is 0 Å². The van der Waals surface area contributed by atoms with Gasteiger partial charge < -0.3 is 10.2 Å². The molecule has 0 saturated heterocycles. The summed E-state index contributed by atoms with van der Waals surface area (Å²) in [5, 5.41) is 42.6. The van der Waals surface area contributed by atoms with Gasteiger partial charge >= 0.3 is 12.4 Å². The number of nitrogens with zero attached hydrogens (tertiary/aromatic N) is 4. The SMILES string of the molecule is CC1(C)N=C(/C=C(\O)C(F)(F)F)C(C)(C)N1[O].CC1(C)N=C(/C=C(\O)C(F)(F)F)C(C)(C)N1[O].[Ni]. The van der Waals surface area contributed by atoms with Gasteiger partial charge in [0.15, 0.2) is 11.5 Å². The molecule has 2 heterocycles. The Hall–Kier alpha value is -1.67. The van der Waals surface area contributed by atoms with Gasteiger partial charge in [0.25, 0.3) is 0 Å². The molecule has 35 heavy (non-hydrogen) atoms. The van der Waals surface area contributed by atoms with Crippen LogP contribution in [0.25, 0.3) is 0 Å². The first-order chi connectivity index (χ1) is 14.8. The van der Waals surface area contributed by atoms with Crippen LogP contribution in [0.5, 0.6) is 0 Å². The van der Waals surface area contributed by atoms with E-state index >= 15 is 0 Å². The summed E-state index contributed by atoms with van der Waals surface area (Å²) in [6.07, 6.45) is -8.67. The number of aliphatic hydroxyl groups is 2. The maximum absolute atomic E-state index is 12.2. The largest absolute Gasteiger partial charge is 0.504 e. The average Bonchev–Trinajstić information content (AvgIpc) is 2.87. The molecule has 2 radical (unpaired) electrons. The van der Waals surface area contributed by atoms with Gasteiger partial charge in [0.1, 0.15) is 11.3 Å². The predicted octanol–water partition coefficient (Wildman–Crippen LogP) is 5.21. The van der Waals surface area contributed by atoms with Crippen molar-refractivity contribution in [3.63, 3.8) is 0 Å². The van der Waals surface area contributed by atoms with Crippen LogP contribution in [0.1, 0.15) is 55.4 Å². The van der Waals surface area contributed by atoms with Crippen molar-refractivity contribution in [2.45, 2.75) is 90.1 Å². The Bertz CT molecular complexity index is 848. The second-order valence-corrected chi connectivity index (χ2v) is 9.74. The second-order valence-electron chi connectivity index (χ2n) is 9.74. The van der Waals surface area contributed by atoms with Crippen LogP contribution in [0, 0.1) is 0 Å². The van der Waals surface area contributed by atoms with Crippen LogP contribution in [0.4, 0.5) is 26.3 Å². The maximum atomic E-state index is 12.2. The molecule has 2 rings (SSSR count). The Kier molecular flexibility index (Phi) is 9.53. The zero-order valence-electron chi connectivity index (χ0n) is 20.2. The molecule has 0 aromatic heterocycles. The van der Waals surface area contributed by atoms with E-state index in [-0.39, 0.29) is 27.9 Å². The van der Waals surface area contributed by atoms with Gasteiger partial charge in [0.05, 0.1) is 22.5 Å². The number of alkyl halides is 6. The minimum atomic E-state index is -4.83. The van der Waals surface area contributed by atoms with Crippen LogP contribution in [0.15, 0.2) is 33.7 Å². The molecule has 204 valence electrons. The summed E-state index contributed by atoms with van der Waals surface area (Å²) in [5.74, 6) is -3.51. The van der Waals surface area contributed by atoms with Crippen molar-refractivity contribution in [2.24, 2.45) is 9.98 Å². The minimum absolute atomic E-state index is 0. The van der Waals surface area contributed by atoms with Gasteiger partial charge in [-0.1, -0.05) is 0 Å². The third-order valence-corrected chi connectivity index (χ3v) is 5.18.